The largest absolute Gasteiger partial charge is 0.497 e. The lowest BCUT2D eigenvalue weighted by Gasteiger charge is -2.16. The molecule has 34 heavy (non-hydrogen) atoms. The molecule has 5 nitrogen and oxygen atoms in total. The van der Waals surface area contributed by atoms with Crippen molar-refractivity contribution < 1.29 is 9.53 Å². The Morgan fingerprint density at radius 1 is 1.24 bits per heavy atom. The molecule has 0 aliphatic heterocycles. The van der Waals surface area contributed by atoms with Gasteiger partial charge in [-0.05, 0) is 75.3 Å². The van der Waals surface area contributed by atoms with E-state index in [1.54, 1.807) is 18.4 Å². The predicted molar refractivity (Wildman–Crippen MR) is 141 cm³/mol. The summed E-state index contributed by atoms with van der Waals surface area (Å²) in [6.45, 7) is 7.80. The number of carbonyl (C=O) groups excluding carboxylic acids is 1. The van der Waals surface area contributed by atoms with Crippen molar-refractivity contribution in [2.75, 3.05) is 13.7 Å². The van der Waals surface area contributed by atoms with Crippen LogP contribution < -0.4 is 10.1 Å². The monoisotopic (exact) mass is 477 g/mol. The normalized spacial score (nSPS) is 13.7. The minimum Gasteiger partial charge on any atom is -0.497 e. The van der Waals surface area contributed by atoms with E-state index in [0.29, 0.717) is 12.5 Å². The lowest BCUT2D eigenvalue weighted by molar-refractivity contribution is 0.0948. The summed E-state index contributed by atoms with van der Waals surface area (Å²) in [4.78, 5) is 18.0. The maximum atomic E-state index is 13.0. The molecule has 0 saturated carbocycles. The third-order valence-electron chi connectivity index (χ3n) is 6.43. The summed E-state index contributed by atoms with van der Waals surface area (Å²) in [5.74, 6) is 1.24. The Morgan fingerprint density at radius 3 is 2.71 bits per heavy atom. The van der Waals surface area contributed by atoms with Gasteiger partial charge in [0.2, 0.25) is 0 Å². The Morgan fingerprint density at radius 2 is 2.03 bits per heavy atom. The molecule has 1 aromatic carbocycles. The summed E-state index contributed by atoms with van der Waals surface area (Å²) < 4.78 is 7.57. The number of aromatic nitrogens is 2. The number of thiazole rings is 1. The number of benzene rings is 1. The van der Waals surface area contributed by atoms with E-state index in [1.807, 2.05) is 30.3 Å². The van der Waals surface area contributed by atoms with Crippen molar-refractivity contribution in [3.8, 4) is 27.7 Å². The molecule has 1 aliphatic rings. The van der Waals surface area contributed by atoms with Crippen molar-refractivity contribution in [3.63, 3.8) is 0 Å². The molecule has 0 fully saturated rings. The average Bonchev–Trinajstić information content (AvgIpc) is 3.47. The molecule has 4 rings (SSSR count). The van der Waals surface area contributed by atoms with E-state index >= 15 is 0 Å². The van der Waals surface area contributed by atoms with Gasteiger partial charge in [-0.3, -0.25) is 4.79 Å². The van der Waals surface area contributed by atoms with E-state index in [0.717, 1.165) is 51.9 Å². The van der Waals surface area contributed by atoms with Crippen molar-refractivity contribution in [2.45, 2.75) is 59.4 Å². The summed E-state index contributed by atoms with van der Waals surface area (Å²) in [7, 11) is 1.67. The molecular weight excluding hydrogens is 442 g/mol. The number of ether oxygens (including phenoxy) is 1. The summed E-state index contributed by atoms with van der Waals surface area (Å²) in [6, 6.07) is 10.0. The molecule has 0 radical (unpaired) electrons. The molecule has 6 heteroatoms. The quantitative estimate of drug-likeness (QED) is 0.342. The topological polar surface area (TPSA) is 56.1 Å². The van der Waals surface area contributed by atoms with Crippen LogP contribution in [0.4, 0.5) is 0 Å². The minimum atomic E-state index is -0.00584. The Hall–Kier alpha value is -2.86. The SMILES string of the molecule is COc1ccc(-c2nc(-c3cc(C(=O)NCC(C)C)c(C)n3CCC3=CCCCC3)cs2)cc1. The summed E-state index contributed by atoms with van der Waals surface area (Å²) in [5, 5.41) is 6.14. The number of rotatable bonds is 9. The van der Waals surface area contributed by atoms with Crippen LogP contribution in [0.2, 0.25) is 0 Å². The Balaban J connectivity index is 1.65. The lowest BCUT2D eigenvalue weighted by Crippen LogP contribution is -2.27. The van der Waals surface area contributed by atoms with E-state index < -0.39 is 0 Å². The molecule has 1 aliphatic carbocycles. The van der Waals surface area contributed by atoms with E-state index in [2.05, 4.69) is 42.1 Å². The second-order valence-electron chi connectivity index (χ2n) is 9.41. The standard InChI is InChI=1S/C28H35N3O2S/c1-19(2)17-29-27(32)24-16-26(31(20(24)3)15-14-21-8-6-5-7-9-21)25-18-34-28(30-25)22-10-12-23(33-4)13-11-22/h8,10-13,16,18-19H,5-7,9,14-15,17H2,1-4H3,(H,29,32). The highest BCUT2D eigenvalue weighted by Gasteiger charge is 2.21. The Labute approximate surface area is 206 Å². The van der Waals surface area contributed by atoms with Crippen molar-refractivity contribution >= 4 is 17.2 Å². The van der Waals surface area contributed by atoms with Crippen molar-refractivity contribution in [1.82, 2.24) is 14.9 Å². The average molecular weight is 478 g/mol. The molecule has 0 atom stereocenters. The molecule has 0 bridgehead atoms. The predicted octanol–water partition coefficient (Wildman–Crippen LogP) is 6.87. The molecular formula is C28H35N3O2S. The number of hydrogen-bond donors (Lipinski definition) is 1. The first-order valence-electron chi connectivity index (χ1n) is 12.2. The third kappa shape index (κ3) is 5.61. The smallest absolute Gasteiger partial charge is 0.253 e. The molecule has 0 spiro atoms. The lowest BCUT2D eigenvalue weighted by atomic mass is 9.97. The minimum absolute atomic E-state index is 0.00584. The Kier molecular flexibility index (Phi) is 7.88. The van der Waals surface area contributed by atoms with E-state index in [-0.39, 0.29) is 5.91 Å². The fourth-order valence-corrected chi connectivity index (χ4v) is 5.23. The van der Waals surface area contributed by atoms with E-state index in [1.165, 1.54) is 31.3 Å². The van der Waals surface area contributed by atoms with Crippen LogP contribution in [-0.2, 0) is 6.54 Å². The molecule has 2 heterocycles. The number of methoxy groups -OCH3 is 1. The van der Waals surface area contributed by atoms with Gasteiger partial charge in [-0.15, -0.1) is 11.3 Å². The highest BCUT2D eigenvalue weighted by molar-refractivity contribution is 7.13. The van der Waals surface area contributed by atoms with Gasteiger partial charge >= 0.3 is 0 Å². The molecule has 3 aromatic rings. The number of nitrogens with zero attached hydrogens (tertiary/aromatic N) is 2. The number of amides is 1. The van der Waals surface area contributed by atoms with Gasteiger partial charge < -0.3 is 14.6 Å². The Bertz CT molecular complexity index is 1160. The van der Waals surface area contributed by atoms with Gasteiger partial charge in [-0.1, -0.05) is 25.5 Å². The van der Waals surface area contributed by atoms with Gasteiger partial charge in [0, 0.05) is 29.7 Å². The van der Waals surface area contributed by atoms with Crippen LogP contribution in [0.3, 0.4) is 0 Å². The number of nitrogens with one attached hydrogen (secondary N) is 1. The second-order valence-corrected chi connectivity index (χ2v) is 10.3. The summed E-state index contributed by atoms with van der Waals surface area (Å²) in [5.41, 5.74) is 6.28. The molecule has 1 N–H and O–H groups in total. The zero-order chi connectivity index (χ0) is 24.1. The molecule has 0 unspecified atom stereocenters. The number of hydrogen-bond acceptors (Lipinski definition) is 4. The van der Waals surface area contributed by atoms with Crippen LogP contribution in [0.25, 0.3) is 22.0 Å². The summed E-state index contributed by atoms with van der Waals surface area (Å²) in [6.07, 6.45) is 8.38. The molecule has 1 amide bonds. The van der Waals surface area contributed by atoms with Crippen LogP contribution >= 0.6 is 11.3 Å². The van der Waals surface area contributed by atoms with Crippen molar-refractivity contribution in [1.29, 1.82) is 0 Å². The first-order chi connectivity index (χ1) is 16.5. The molecule has 180 valence electrons. The highest BCUT2D eigenvalue weighted by atomic mass is 32.1. The maximum Gasteiger partial charge on any atom is 0.253 e. The summed E-state index contributed by atoms with van der Waals surface area (Å²) >= 11 is 1.63. The zero-order valence-corrected chi connectivity index (χ0v) is 21.5. The first-order valence-corrected chi connectivity index (χ1v) is 13.1. The van der Waals surface area contributed by atoms with Gasteiger partial charge in [-0.25, -0.2) is 4.98 Å². The van der Waals surface area contributed by atoms with E-state index in [4.69, 9.17) is 9.72 Å². The van der Waals surface area contributed by atoms with Crippen molar-refractivity contribution in [2.24, 2.45) is 5.92 Å². The zero-order valence-electron chi connectivity index (χ0n) is 20.7. The highest BCUT2D eigenvalue weighted by Crippen LogP contribution is 2.33. The first kappa shape index (κ1) is 24.3. The van der Waals surface area contributed by atoms with Gasteiger partial charge in [0.25, 0.3) is 5.91 Å². The van der Waals surface area contributed by atoms with Gasteiger partial charge in [0.05, 0.1) is 24.1 Å². The van der Waals surface area contributed by atoms with Gasteiger partial charge in [0.1, 0.15) is 10.8 Å². The van der Waals surface area contributed by atoms with Crippen LogP contribution in [0.5, 0.6) is 5.75 Å². The van der Waals surface area contributed by atoms with Crippen LogP contribution in [0, 0.1) is 12.8 Å². The third-order valence-corrected chi connectivity index (χ3v) is 7.32. The van der Waals surface area contributed by atoms with Gasteiger partial charge in [0.15, 0.2) is 0 Å². The van der Waals surface area contributed by atoms with E-state index in [9.17, 15) is 4.79 Å². The van der Waals surface area contributed by atoms with Crippen LogP contribution in [0.15, 0.2) is 47.4 Å². The second kappa shape index (κ2) is 11.0. The molecule has 0 saturated heterocycles. The fraction of sp³-hybridized carbons (Fsp3) is 0.429. The number of carbonyl (C=O) groups is 1. The fourth-order valence-electron chi connectivity index (χ4n) is 4.41. The maximum absolute atomic E-state index is 13.0. The number of allylic oxidation sites excluding steroid dienone is 2. The molecule has 2 aromatic heterocycles. The van der Waals surface area contributed by atoms with Crippen molar-refractivity contribution in [3.05, 3.63) is 58.6 Å². The van der Waals surface area contributed by atoms with Gasteiger partial charge in [-0.2, -0.15) is 0 Å². The van der Waals surface area contributed by atoms with Crippen LogP contribution in [-0.4, -0.2) is 29.1 Å². The van der Waals surface area contributed by atoms with Crippen LogP contribution in [0.1, 0.15) is 62.0 Å².